The first-order valence-electron chi connectivity index (χ1n) is 15.5. The van der Waals surface area contributed by atoms with E-state index in [4.69, 9.17) is 4.74 Å². The monoisotopic (exact) mass is 906 g/mol. The second-order valence-electron chi connectivity index (χ2n) is 12.6. The topological polar surface area (TPSA) is 43.4 Å². The predicted octanol–water partition coefficient (Wildman–Crippen LogP) is 7.72. The average molecular weight is 906 g/mol. The van der Waals surface area contributed by atoms with Gasteiger partial charge in [0.05, 0.1) is 9.93 Å². The first-order chi connectivity index (χ1) is 27.6. The van der Waals surface area contributed by atoms with Crippen LogP contribution in [0, 0.1) is 116 Å². The summed E-state index contributed by atoms with van der Waals surface area (Å²) >= 11 is 0. The van der Waals surface area contributed by atoms with Gasteiger partial charge in [0.1, 0.15) is 76.7 Å². The van der Waals surface area contributed by atoms with Crippen LogP contribution in [0.5, 0.6) is 5.75 Å². The Morgan fingerprint density at radius 3 is 0.800 bits per heavy atom. The third-order valence-corrected chi connectivity index (χ3v) is 9.43. The number of benzene rings is 5. The molecule has 5 aromatic rings. The van der Waals surface area contributed by atoms with Gasteiger partial charge >= 0.3 is 5.97 Å². The van der Waals surface area contributed by atoms with E-state index in [1.165, 1.54) is 6.92 Å². The Bertz CT molecular complexity index is 2250. The van der Waals surface area contributed by atoms with Crippen LogP contribution in [0.4, 0.5) is 87.8 Å². The molecule has 0 aliphatic carbocycles. The Balaban J connectivity index is 0.000000445. The average Bonchev–Trinajstić information content (AvgIpc) is 3.18. The molecule has 0 aromatic heterocycles. The summed E-state index contributed by atoms with van der Waals surface area (Å²) in [5.74, 6) is -70.7. The maximum atomic E-state index is 15.4. The lowest BCUT2D eigenvalue weighted by atomic mass is 9.12. The Hall–Kier alpha value is -5.62. The zero-order valence-electron chi connectivity index (χ0n) is 29.3. The second kappa shape index (κ2) is 16.8. The summed E-state index contributed by atoms with van der Waals surface area (Å²) in [6.45, 7) is 1.36. The minimum Gasteiger partial charge on any atom is -0.427 e. The second-order valence-corrected chi connectivity index (χ2v) is 15.8. The molecular weight excluding hydrogens is 891 g/mol. The first-order valence-corrected chi connectivity index (χ1v) is 18.0. The van der Waals surface area contributed by atoms with Gasteiger partial charge < -0.3 is 4.74 Å². The molecule has 0 aliphatic rings. The van der Waals surface area contributed by atoms with Crippen molar-refractivity contribution in [2.45, 2.75) is 12.7 Å². The SMILES string of the molecule is CC(=O)Oc1ccc(C[S+](C)(C)=O)cc1.Fc1c(F)c(F)c([B-](c2c(F)c(F)c(F)c(F)c2F)(c2c(F)c(F)c(F)c(F)c2F)c2c(F)c(F)c(F)c(F)c2F)c(F)c1F. The zero-order chi connectivity index (χ0) is 45.8. The lowest BCUT2D eigenvalue weighted by Gasteiger charge is -2.44. The highest BCUT2D eigenvalue weighted by Gasteiger charge is 2.52. The van der Waals surface area contributed by atoms with E-state index in [1.807, 2.05) is 12.1 Å². The summed E-state index contributed by atoms with van der Waals surface area (Å²) in [6.07, 6.45) is -3.76. The number of halogens is 20. The predicted molar refractivity (Wildman–Crippen MR) is 171 cm³/mol. The molecule has 0 heterocycles. The van der Waals surface area contributed by atoms with Gasteiger partial charge in [0.15, 0.2) is 69.8 Å². The summed E-state index contributed by atoms with van der Waals surface area (Å²) < 4.78 is 310. The highest BCUT2D eigenvalue weighted by atomic mass is 32.2. The third kappa shape index (κ3) is 7.77. The maximum Gasteiger partial charge on any atom is 0.308 e. The van der Waals surface area contributed by atoms with Crippen molar-refractivity contribution < 1.29 is 102 Å². The number of carbonyl (C=O) groups is 1. The Labute approximate surface area is 322 Å². The molecule has 0 N–H and O–H groups in total. The Morgan fingerprint density at radius 2 is 0.617 bits per heavy atom. The van der Waals surface area contributed by atoms with Gasteiger partial charge in [0.25, 0.3) is 0 Å². The Kier molecular flexibility index (Phi) is 13.2. The van der Waals surface area contributed by atoms with Crippen molar-refractivity contribution in [1.29, 1.82) is 0 Å². The van der Waals surface area contributed by atoms with Gasteiger partial charge in [-0.1, -0.05) is 12.1 Å². The van der Waals surface area contributed by atoms with Crippen LogP contribution in [0.2, 0.25) is 0 Å². The van der Waals surface area contributed by atoms with Crippen LogP contribution < -0.4 is 26.6 Å². The quantitative estimate of drug-likeness (QED) is 0.0320. The summed E-state index contributed by atoms with van der Waals surface area (Å²) in [7, 11) is -1.77. The molecule has 0 saturated heterocycles. The minimum absolute atomic E-state index is 0.336. The van der Waals surface area contributed by atoms with Gasteiger partial charge in [0.2, 0.25) is 0 Å². The molecule has 5 aromatic carbocycles. The number of ether oxygens (including phenoxy) is 1. The van der Waals surface area contributed by atoms with Crippen LogP contribution >= 0.6 is 0 Å². The van der Waals surface area contributed by atoms with Crippen molar-refractivity contribution in [1.82, 2.24) is 0 Å². The molecule has 0 radical (unpaired) electrons. The summed E-state index contributed by atoms with van der Waals surface area (Å²) in [5.41, 5.74) is -13.3. The molecule has 3 nitrogen and oxygen atoms in total. The Morgan fingerprint density at radius 1 is 0.417 bits per heavy atom. The van der Waals surface area contributed by atoms with E-state index in [0.717, 1.165) is 5.56 Å². The van der Waals surface area contributed by atoms with Crippen LogP contribution in [0.3, 0.4) is 0 Å². The maximum absolute atomic E-state index is 15.4. The van der Waals surface area contributed by atoms with Gasteiger partial charge in [0, 0.05) is 12.5 Å². The number of hydrogen-bond donors (Lipinski definition) is 0. The molecule has 0 saturated carbocycles. The molecule has 0 unspecified atom stereocenters. The molecule has 0 atom stereocenters. The van der Waals surface area contributed by atoms with E-state index in [9.17, 15) is 61.7 Å². The lowest BCUT2D eigenvalue weighted by molar-refractivity contribution is -0.131. The van der Waals surface area contributed by atoms with Crippen molar-refractivity contribution in [2.75, 3.05) is 12.5 Å². The van der Waals surface area contributed by atoms with Gasteiger partial charge in [-0.05, 0) is 12.1 Å². The van der Waals surface area contributed by atoms with Crippen molar-refractivity contribution in [3.05, 3.63) is 146 Å². The number of carbonyl (C=O) groups excluding carboxylic acids is 1. The molecule has 5 rings (SSSR count). The van der Waals surface area contributed by atoms with Crippen molar-refractivity contribution in [3.8, 4) is 5.75 Å². The smallest absolute Gasteiger partial charge is 0.308 e. The molecule has 0 aliphatic heterocycles. The minimum atomic E-state index is -7.22. The highest BCUT2D eigenvalue weighted by Crippen LogP contribution is 2.31. The molecule has 0 bridgehead atoms. The normalized spacial score (nSPS) is 11.8. The molecule has 0 fully saturated rings. The van der Waals surface area contributed by atoms with Gasteiger partial charge in [-0.2, -0.15) is 0 Å². The molecule has 25 heteroatoms. The van der Waals surface area contributed by atoms with Crippen molar-refractivity contribution in [2.24, 2.45) is 0 Å². The molecule has 60 heavy (non-hydrogen) atoms. The highest BCUT2D eigenvalue weighted by molar-refractivity contribution is 8.00. The summed E-state index contributed by atoms with van der Waals surface area (Å²) in [5, 5.41) is 0. The number of esters is 1. The van der Waals surface area contributed by atoms with Gasteiger partial charge in [-0.3, -0.25) is 4.79 Å². The van der Waals surface area contributed by atoms with E-state index in [1.54, 1.807) is 24.6 Å². The van der Waals surface area contributed by atoms with Crippen LogP contribution in [-0.2, 0) is 24.7 Å². The van der Waals surface area contributed by atoms with Crippen LogP contribution in [0.1, 0.15) is 12.5 Å². The summed E-state index contributed by atoms with van der Waals surface area (Å²) in [4.78, 5) is 10.7. The lowest BCUT2D eigenvalue weighted by Crippen LogP contribution is -2.81. The number of rotatable bonds is 7. The van der Waals surface area contributed by atoms with Gasteiger partial charge in [-0.15, -0.1) is 26.1 Å². The molecule has 322 valence electrons. The fourth-order valence-corrected chi connectivity index (χ4v) is 7.09. The third-order valence-electron chi connectivity index (χ3n) is 8.41. The molecular formula is C35H15BF20O3S. The largest absolute Gasteiger partial charge is 0.427 e. The number of hydrogen-bond acceptors (Lipinski definition) is 3. The van der Waals surface area contributed by atoms with E-state index >= 15 is 35.1 Å². The first kappa shape index (κ1) is 47.1. The molecule has 0 amide bonds. The van der Waals surface area contributed by atoms with Crippen molar-refractivity contribution >= 4 is 43.9 Å². The zero-order valence-corrected chi connectivity index (χ0v) is 30.1. The van der Waals surface area contributed by atoms with E-state index in [0.29, 0.717) is 11.5 Å². The van der Waals surface area contributed by atoms with E-state index in [2.05, 4.69) is 0 Å². The van der Waals surface area contributed by atoms with Crippen LogP contribution in [-0.4, -0.2) is 24.6 Å². The van der Waals surface area contributed by atoms with Crippen LogP contribution in [0.15, 0.2) is 24.3 Å². The molecule has 0 spiro atoms. The van der Waals surface area contributed by atoms with Crippen molar-refractivity contribution in [3.63, 3.8) is 0 Å². The van der Waals surface area contributed by atoms with E-state index < -0.39 is 154 Å². The fraction of sp³-hybridized carbons (Fsp3) is 0.114. The standard InChI is InChI=1S/C24BF20.C11H15O3S/c26-5-1(6(27)14(35)21(42)13(5)34)25(2-7(28)15(36)22(43)16(37)8(2)29,3-9(30)17(38)23(44)18(39)10(3)31)4-11(32)19(40)24(45)20(41)12(4)33;1-9(12)14-11-6-4-10(5-7-11)8-15(2,3)13/h;4-7H,8H2,1-3H3/q-1;+1. The summed E-state index contributed by atoms with van der Waals surface area (Å²) in [6, 6.07) is 7.07. The fourth-order valence-electron chi connectivity index (χ4n) is 6.10. The van der Waals surface area contributed by atoms with E-state index in [-0.39, 0.29) is 5.97 Å². The van der Waals surface area contributed by atoms with Gasteiger partial charge in [-0.25, -0.2) is 87.8 Å². The van der Waals surface area contributed by atoms with Crippen LogP contribution in [0.25, 0.3) is 0 Å².